The minimum atomic E-state index is 0.0109. The normalized spacial score (nSPS) is 25.6. The largest absolute Gasteiger partial charge is 0.330 e. The van der Waals surface area contributed by atoms with Gasteiger partial charge in [0.05, 0.1) is 17.7 Å². The Morgan fingerprint density at radius 2 is 1.95 bits per heavy atom. The van der Waals surface area contributed by atoms with E-state index in [1.54, 1.807) is 0 Å². The Morgan fingerprint density at radius 3 is 2.53 bits per heavy atom. The van der Waals surface area contributed by atoms with Gasteiger partial charge < -0.3 is 5.73 Å². The van der Waals surface area contributed by atoms with Crippen LogP contribution in [0, 0.1) is 5.92 Å². The molecule has 1 saturated carbocycles. The molecular formula is C15H27N3O. The van der Waals surface area contributed by atoms with Crippen molar-refractivity contribution in [3.63, 3.8) is 0 Å². The molecule has 4 heteroatoms. The van der Waals surface area contributed by atoms with Crippen LogP contribution in [0.4, 0.5) is 0 Å². The van der Waals surface area contributed by atoms with E-state index in [4.69, 9.17) is 5.73 Å². The lowest BCUT2D eigenvalue weighted by molar-refractivity contribution is -0.134. The van der Waals surface area contributed by atoms with E-state index in [0.717, 1.165) is 37.8 Å². The summed E-state index contributed by atoms with van der Waals surface area (Å²) in [6, 6.07) is 0.347. The van der Waals surface area contributed by atoms with Gasteiger partial charge in [-0.05, 0) is 38.6 Å². The summed E-state index contributed by atoms with van der Waals surface area (Å²) >= 11 is 0. The standard InChI is InChI=1S/C15H27N3O/c1-2-14-13(10-7-11-16)15(19)18(17-14)12-8-5-3-4-6-9-12/h12-13H,2-11,16H2,1H3. The summed E-state index contributed by atoms with van der Waals surface area (Å²) in [5.41, 5.74) is 6.64. The van der Waals surface area contributed by atoms with E-state index in [1.165, 1.54) is 25.7 Å². The highest BCUT2D eigenvalue weighted by Crippen LogP contribution is 2.29. The van der Waals surface area contributed by atoms with Crippen molar-refractivity contribution in [2.45, 2.75) is 70.8 Å². The summed E-state index contributed by atoms with van der Waals surface area (Å²) in [4.78, 5) is 12.6. The minimum Gasteiger partial charge on any atom is -0.330 e. The van der Waals surface area contributed by atoms with Crippen LogP contribution in [-0.4, -0.2) is 29.2 Å². The van der Waals surface area contributed by atoms with Gasteiger partial charge in [0, 0.05) is 0 Å². The Hall–Kier alpha value is -0.900. The summed E-state index contributed by atoms with van der Waals surface area (Å²) < 4.78 is 0. The quantitative estimate of drug-likeness (QED) is 0.777. The van der Waals surface area contributed by atoms with Crippen molar-refractivity contribution in [2.24, 2.45) is 16.8 Å². The molecule has 1 aliphatic carbocycles. The van der Waals surface area contributed by atoms with Crippen LogP contribution in [0.5, 0.6) is 0 Å². The first kappa shape index (κ1) is 14.5. The Morgan fingerprint density at radius 1 is 1.26 bits per heavy atom. The van der Waals surface area contributed by atoms with Crippen molar-refractivity contribution >= 4 is 11.6 Å². The fraction of sp³-hybridized carbons (Fsp3) is 0.867. The Balaban J connectivity index is 2.04. The molecule has 1 fully saturated rings. The molecule has 0 saturated heterocycles. The van der Waals surface area contributed by atoms with Gasteiger partial charge in [0.1, 0.15) is 0 Å². The molecule has 1 heterocycles. The molecule has 2 rings (SSSR count). The van der Waals surface area contributed by atoms with E-state index in [2.05, 4.69) is 12.0 Å². The van der Waals surface area contributed by atoms with Crippen LogP contribution in [0.25, 0.3) is 0 Å². The second-order valence-electron chi connectivity index (χ2n) is 5.76. The van der Waals surface area contributed by atoms with Gasteiger partial charge in [0.25, 0.3) is 5.91 Å². The molecule has 4 nitrogen and oxygen atoms in total. The first-order valence-corrected chi connectivity index (χ1v) is 7.88. The third kappa shape index (κ3) is 3.35. The summed E-state index contributed by atoms with van der Waals surface area (Å²) in [7, 11) is 0. The zero-order valence-electron chi connectivity index (χ0n) is 12.1. The molecule has 0 aromatic rings. The fourth-order valence-electron chi connectivity index (χ4n) is 3.25. The smallest absolute Gasteiger partial charge is 0.251 e. The number of carbonyl (C=O) groups is 1. The van der Waals surface area contributed by atoms with Crippen LogP contribution < -0.4 is 5.73 Å². The average Bonchev–Trinajstić information content (AvgIpc) is 2.61. The van der Waals surface area contributed by atoms with Crippen LogP contribution >= 0.6 is 0 Å². The van der Waals surface area contributed by atoms with Gasteiger partial charge in [-0.25, -0.2) is 5.01 Å². The fourth-order valence-corrected chi connectivity index (χ4v) is 3.25. The predicted molar refractivity (Wildman–Crippen MR) is 77.8 cm³/mol. The molecule has 0 bridgehead atoms. The lowest BCUT2D eigenvalue weighted by Crippen LogP contribution is -2.36. The Labute approximate surface area is 116 Å². The maximum absolute atomic E-state index is 12.6. The number of hydrogen-bond donors (Lipinski definition) is 1. The number of carbonyl (C=O) groups excluding carboxylic acids is 1. The summed E-state index contributed by atoms with van der Waals surface area (Å²) in [5, 5.41) is 6.47. The van der Waals surface area contributed by atoms with Gasteiger partial charge in [0.15, 0.2) is 0 Å². The number of rotatable bonds is 5. The second-order valence-corrected chi connectivity index (χ2v) is 5.76. The zero-order chi connectivity index (χ0) is 13.7. The van der Waals surface area contributed by atoms with Gasteiger partial charge in [0.2, 0.25) is 0 Å². The van der Waals surface area contributed by atoms with Gasteiger partial charge in [-0.15, -0.1) is 0 Å². The number of amides is 1. The van der Waals surface area contributed by atoms with Crippen LogP contribution in [0.1, 0.15) is 64.7 Å². The molecular weight excluding hydrogens is 238 g/mol. The maximum Gasteiger partial charge on any atom is 0.251 e. The predicted octanol–water partition coefficient (Wildman–Crippen LogP) is 2.67. The number of hydrogen-bond acceptors (Lipinski definition) is 3. The molecule has 2 aliphatic rings. The van der Waals surface area contributed by atoms with Gasteiger partial charge in [-0.2, -0.15) is 5.10 Å². The number of nitrogens with zero attached hydrogens (tertiary/aromatic N) is 2. The monoisotopic (exact) mass is 265 g/mol. The summed E-state index contributed by atoms with van der Waals surface area (Å²) in [6.45, 7) is 2.75. The molecule has 108 valence electrons. The minimum absolute atomic E-state index is 0.0109. The highest BCUT2D eigenvalue weighted by atomic mass is 16.2. The van der Waals surface area contributed by atoms with Crippen LogP contribution in [0.3, 0.4) is 0 Å². The van der Waals surface area contributed by atoms with Gasteiger partial charge in [-0.3, -0.25) is 4.79 Å². The molecule has 1 unspecified atom stereocenters. The molecule has 1 amide bonds. The van der Waals surface area contributed by atoms with E-state index in [0.29, 0.717) is 12.6 Å². The first-order valence-electron chi connectivity index (χ1n) is 7.88. The molecule has 19 heavy (non-hydrogen) atoms. The number of nitrogens with two attached hydrogens (primary N) is 1. The lowest BCUT2D eigenvalue weighted by atomic mass is 9.95. The van der Waals surface area contributed by atoms with Crippen molar-refractivity contribution < 1.29 is 4.79 Å². The van der Waals surface area contributed by atoms with E-state index >= 15 is 0 Å². The van der Waals surface area contributed by atoms with Crippen molar-refractivity contribution in [3.8, 4) is 0 Å². The third-order valence-corrected chi connectivity index (χ3v) is 4.39. The van der Waals surface area contributed by atoms with Crippen LogP contribution in [0.2, 0.25) is 0 Å². The second kappa shape index (κ2) is 7.04. The first-order chi connectivity index (χ1) is 9.27. The summed E-state index contributed by atoms with van der Waals surface area (Å²) in [6.07, 6.45) is 9.98. The highest BCUT2D eigenvalue weighted by molar-refractivity contribution is 6.07. The third-order valence-electron chi connectivity index (χ3n) is 4.39. The van der Waals surface area contributed by atoms with E-state index in [9.17, 15) is 4.79 Å². The molecule has 0 radical (unpaired) electrons. The molecule has 0 aromatic carbocycles. The van der Waals surface area contributed by atoms with Gasteiger partial charge in [-0.1, -0.05) is 32.6 Å². The lowest BCUT2D eigenvalue weighted by Gasteiger charge is -2.24. The molecule has 1 aliphatic heterocycles. The zero-order valence-corrected chi connectivity index (χ0v) is 12.1. The molecule has 0 aromatic heterocycles. The highest BCUT2D eigenvalue weighted by Gasteiger charge is 2.37. The van der Waals surface area contributed by atoms with Crippen molar-refractivity contribution in [3.05, 3.63) is 0 Å². The van der Waals surface area contributed by atoms with Crippen LogP contribution in [-0.2, 0) is 4.79 Å². The van der Waals surface area contributed by atoms with Gasteiger partial charge >= 0.3 is 0 Å². The molecule has 1 atom stereocenters. The van der Waals surface area contributed by atoms with E-state index in [1.807, 2.05) is 5.01 Å². The molecule has 2 N–H and O–H groups in total. The van der Waals surface area contributed by atoms with Crippen molar-refractivity contribution in [1.29, 1.82) is 0 Å². The van der Waals surface area contributed by atoms with E-state index < -0.39 is 0 Å². The SMILES string of the molecule is CCC1=NN(C2CCCCCC2)C(=O)C1CCCN. The van der Waals surface area contributed by atoms with Crippen LogP contribution in [0.15, 0.2) is 5.10 Å². The number of hydrazone groups is 1. The Kier molecular flexibility index (Phi) is 5.37. The van der Waals surface area contributed by atoms with E-state index in [-0.39, 0.29) is 11.8 Å². The van der Waals surface area contributed by atoms with Crippen molar-refractivity contribution in [2.75, 3.05) is 6.54 Å². The average molecular weight is 265 g/mol. The Bertz CT molecular complexity index is 332. The molecule has 0 spiro atoms. The topological polar surface area (TPSA) is 58.7 Å². The maximum atomic E-state index is 12.6. The summed E-state index contributed by atoms with van der Waals surface area (Å²) in [5.74, 6) is 0.244. The van der Waals surface area contributed by atoms with Crippen molar-refractivity contribution in [1.82, 2.24) is 5.01 Å².